The number of aliphatic hydroxyl groups is 1. The normalized spacial score (nSPS) is 16.7. The van der Waals surface area contributed by atoms with Crippen molar-refractivity contribution in [2.45, 2.75) is 31.2 Å². The molecule has 0 aliphatic heterocycles. The van der Waals surface area contributed by atoms with E-state index in [0.29, 0.717) is 5.75 Å². The van der Waals surface area contributed by atoms with Gasteiger partial charge in [-0.3, -0.25) is 4.79 Å². The second kappa shape index (κ2) is 6.61. The van der Waals surface area contributed by atoms with Crippen molar-refractivity contribution >= 4 is 5.91 Å². The molecule has 5 nitrogen and oxygen atoms in total. The first-order valence-corrected chi connectivity index (χ1v) is 6.86. The van der Waals surface area contributed by atoms with Gasteiger partial charge in [-0.15, -0.1) is 0 Å². The molecule has 1 aromatic rings. The summed E-state index contributed by atoms with van der Waals surface area (Å²) in [5.41, 5.74) is -0.444. The van der Waals surface area contributed by atoms with E-state index in [9.17, 15) is 9.90 Å². The highest BCUT2D eigenvalue weighted by Crippen LogP contribution is 2.29. The summed E-state index contributed by atoms with van der Waals surface area (Å²) >= 11 is 0. The first-order chi connectivity index (χ1) is 9.67. The van der Waals surface area contributed by atoms with E-state index < -0.39 is 5.54 Å². The molecular formula is C15H21NO4. The van der Waals surface area contributed by atoms with E-state index in [0.717, 1.165) is 31.4 Å². The standard InChI is InChI=1S/C15H21NO4/c1-19-12-4-6-13(7-5-12)20-10-14(18)16-15(11-17)8-2-3-9-15/h4-7,17H,2-3,8-11H2,1H3,(H,16,18). The largest absolute Gasteiger partial charge is 0.497 e. The number of aliphatic hydroxyl groups excluding tert-OH is 1. The van der Waals surface area contributed by atoms with Gasteiger partial charge in [0.05, 0.1) is 19.3 Å². The lowest BCUT2D eigenvalue weighted by Gasteiger charge is -2.27. The SMILES string of the molecule is COc1ccc(OCC(=O)NC2(CO)CCCC2)cc1. The highest BCUT2D eigenvalue weighted by molar-refractivity contribution is 5.78. The van der Waals surface area contributed by atoms with Crippen LogP contribution in [0, 0.1) is 0 Å². The number of ether oxygens (including phenoxy) is 2. The molecule has 110 valence electrons. The summed E-state index contributed by atoms with van der Waals surface area (Å²) in [6.45, 7) is -0.0602. The number of benzene rings is 1. The van der Waals surface area contributed by atoms with E-state index in [1.54, 1.807) is 31.4 Å². The van der Waals surface area contributed by atoms with Crippen LogP contribution in [-0.4, -0.2) is 36.9 Å². The van der Waals surface area contributed by atoms with Crippen LogP contribution in [0.25, 0.3) is 0 Å². The number of rotatable bonds is 6. The van der Waals surface area contributed by atoms with Gasteiger partial charge >= 0.3 is 0 Å². The van der Waals surface area contributed by atoms with Gasteiger partial charge in [0.15, 0.2) is 6.61 Å². The molecule has 0 heterocycles. The Kier molecular flexibility index (Phi) is 4.84. The zero-order valence-electron chi connectivity index (χ0n) is 11.7. The highest BCUT2D eigenvalue weighted by atomic mass is 16.5. The van der Waals surface area contributed by atoms with Crippen molar-refractivity contribution < 1.29 is 19.4 Å². The zero-order chi connectivity index (χ0) is 14.4. The molecule has 0 bridgehead atoms. The van der Waals surface area contributed by atoms with Crippen molar-refractivity contribution in [3.63, 3.8) is 0 Å². The van der Waals surface area contributed by atoms with Crippen LogP contribution in [0.1, 0.15) is 25.7 Å². The number of hydrogen-bond acceptors (Lipinski definition) is 4. The number of carbonyl (C=O) groups excluding carboxylic acids is 1. The Morgan fingerprint density at radius 1 is 1.25 bits per heavy atom. The summed E-state index contributed by atoms with van der Waals surface area (Å²) in [6, 6.07) is 7.06. The van der Waals surface area contributed by atoms with Gasteiger partial charge in [-0.25, -0.2) is 0 Å². The summed E-state index contributed by atoms with van der Waals surface area (Å²) in [4.78, 5) is 11.9. The van der Waals surface area contributed by atoms with Crippen LogP contribution in [0.15, 0.2) is 24.3 Å². The van der Waals surface area contributed by atoms with Crippen molar-refractivity contribution in [3.05, 3.63) is 24.3 Å². The van der Waals surface area contributed by atoms with Gasteiger partial charge in [-0.05, 0) is 37.1 Å². The molecule has 1 aromatic carbocycles. The van der Waals surface area contributed by atoms with E-state index in [1.807, 2.05) is 0 Å². The Morgan fingerprint density at radius 3 is 2.40 bits per heavy atom. The van der Waals surface area contributed by atoms with Crippen LogP contribution < -0.4 is 14.8 Å². The molecule has 0 atom stereocenters. The van der Waals surface area contributed by atoms with Crippen LogP contribution in [0.3, 0.4) is 0 Å². The summed E-state index contributed by atoms with van der Waals surface area (Å²) in [7, 11) is 1.60. The lowest BCUT2D eigenvalue weighted by molar-refractivity contribution is -0.125. The Hall–Kier alpha value is -1.75. The van der Waals surface area contributed by atoms with Crippen LogP contribution in [0.5, 0.6) is 11.5 Å². The Balaban J connectivity index is 1.82. The molecule has 0 saturated heterocycles. The fraction of sp³-hybridized carbons (Fsp3) is 0.533. The average molecular weight is 279 g/mol. The maximum absolute atomic E-state index is 11.9. The highest BCUT2D eigenvalue weighted by Gasteiger charge is 2.34. The molecule has 1 fully saturated rings. The summed E-state index contributed by atoms with van der Waals surface area (Å²) in [6.07, 6.45) is 3.75. The van der Waals surface area contributed by atoms with E-state index in [2.05, 4.69) is 5.32 Å². The topological polar surface area (TPSA) is 67.8 Å². The summed E-state index contributed by atoms with van der Waals surface area (Å²) in [5, 5.41) is 12.3. The number of nitrogens with one attached hydrogen (secondary N) is 1. The number of methoxy groups -OCH3 is 1. The fourth-order valence-corrected chi connectivity index (χ4v) is 2.53. The van der Waals surface area contributed by atoms with Crippen LogP contribution in [-0.2, 0) is 4.79 Å². The number of hydrogen-bond donors (Lipinski definition) is 2. The maximum atomic E-state index is 11.9. The zero-order valence-corrected chi connectivity index (χ0v) is 11.7. The fourth-order valence-electron chi connectivity index (χ4n) is 2.53. The van der Waals surface area contributed by atoms with E-state index >= 15 is 0 Å². The molecule has 20 heavy (non-hydrogen) atoms. The lowest BCUT2D eigenvalue weighted by Crippen LogP contribution is -2.50. The lowest BCUT2D eigenvalue weighted by atomic mass is 9.99. The first kappa shape index (κ1) is 14.7. The molecule has 0 aromatic heterocycles. The quantitative estimate of drug-likeness (QED) is 0.828. The molecular weight excluding hydrogens is 258 g/mol. The third-order valence-corrected chi connectivity index (χ3v) is 3.70. The second-order valence-electron chi connectivity index (χ2n) is 5.16. The van der Waals surface area contributed by atoms with Crippen molar-refractivity contribution in [2.75, 3.05) is 20.3 Å². The van der Waals surface area contributed by atoms with Gasteiger partial charge in [-0.1, -0.05) is 12.8 Å². The Labute approximate surface area is 118 Å². The third kappa shape index (κ3) is 3.63. The van der Waals surface area contributed by atoms with Gasteiger partial charge in [0.1, 0.15) is 11.5 Å². The van der Waals surface area contributed by atoms with Crippen molar-refractivity contribution in [2.24, 2.45) is 0 Å². The van der Waals surface area contributed by atoms with Crippen molar-refractivity contribution in [1.82, 2.24) is 5.32 Å². The van der Waals surface area contributed by atoms with Crippen LogP contribution >= 0.6 is 0 Å². The van der Waals surface area contributed by atoms with Gasteiger partial charge in [0.25, 0.3) is 5.91 Å². The minimum absolute atomic E-state index is 0.0126. The molecule has 1 aliphatic carbocycles. The van der Waals surface area contributed by atoms with Gasteiger partial charge in [0.2, 0.25) is 0 Å². The predicted octanol–water partition coefficient (Wildman–Crippen LogP) is 1.50. The summed E-state index contributed by atoms with van der Waals surface area (Å²) < 4.78 is 10.5. The van der Waals surface area contributed by atoms with E-state index in [1.165, 1.54) is 0 Å². The third-order valence-electron chi connectivity index (χ3n) is 3.70. The van der Waals surface area contributed by atoms with Gasteiger partial charge in [-0.2, -0.15) is 0 Å². The maximum Gasteiger partial charge on any atom is 0.258 e. The van der Waals surface area contributed by atoms with E-state index in [4.69, 9.17) is 9.47 Å². The first-order valence-electron chi connectivity index (χ1n) is 6.86. The molecule has 0 radical (unpaired) electrons. The smallest absolute Gasteiger partial charge is 0.258 e. The molecule has 1 aliphatic rings. The second-order valence-corrected chi connectivity index (χ2v) is 5.16. The Bertz CT molecular complexity index is 438. The minimum atomic E-state index is -0.444. The van der Waals surface area contributed by atoms with Gasteiger partial charge < -0.3 is 19.9 Å². The molecule has 5 heteroatoms. The van der Waals surface area contributed by atoms with E-state index in [-0.39, 0.29) is 19.1 Å². The van der Waals surface area contributed by atoms with Crippen molar-refractivity contribution in [3.8, 4) is 11.5 Å². The molecule has 0 unspecified atom stereocenters. The molecule has 0 spiro atoms. The molecule has 2 rings (SSSR count). The minimum Gasteiger partial charge on any atom is -0.497 e. The average Bonchev–Trinajstić information content (AvgIpc) is 2.95. The van der Waals surface area contributed by atoms with Crippen LogP contribution in [0.2, 0.25) is 0 Å². The molecule has 1 saturated carbocycles. The number of carbonyl (C=O) groups is 1. The Morgan fingerprint density at radius 2 is 1.85 bits per heavy atom. The molecule has 1 amide bonds. The summed E-state index contributed by atoms with van der Waals surface area (Å²) in [5.74, 6) is 1.16. The van der Waals surface area contributed by atoms with Crippen LogP contribution in [0.4, 0.5) is 0 Å². The number of amides is 1. The predicted molar refractivity (Wildman–Crippen MR) is 74.9 cm³/mol. The monoisotopic (exact) mass is 279 g/mol. The molecule has 2 N–H and O–H groups in total. The van der Waals surface area contributed by atoms with Crippen molar-refractivity contribution in [1.29, 1.82) is 0 Å². The van der Waals surface area contributed by atoms with Gasteiger partial charge in [0, 0.05) is 0 Å².